The van der Waals surface area contributed by atoms with Crippen molar-refractivity contribution < 1.29 is 17.9 Å². The Balaban J connectivity index is 1.80. The van der Waals surface area contributed by atoms with Crippen LogP contribution in [0.4, 0.5) is 16.2 Å². The van der Waals surface area contributed by atoms with Gasteiger partial charge in [-0.1, -0.05) is 6.07 Å². The minimum absolute atomic E-state index is 0.0590. The van der Waals surface area contributed by atoms with Crippen LogP contribution in [0, 0.1) is 0 Å². The van der Waals surface area contributed by atoms with E-state index in [1.807, 2.05) is 0 Å². The average molecular weight is 296 g/mol. The van der Waals surface area contributed by atoms with Crippen molar-refractivity contribution in [2.75, 3.05) is 28.7 Å². The van der Waals surface area contributed by atoms with Gasteiger partial charge in [0.05, 0.1) is 11.5 Å². The molecule has 1 spiro atoms. The summed E-state index contributed by atoms with van der Waals surface area (Å²) in [5, 5.41) is 0. The lowest BCUT2D eigenvalue weighted by Gasteiger charge is -2.38. The Kier molecular flexibility index (Phi) is 2.89. The van der Waals surface area contributed by atoms with Crippen molar-refractivity contribution in [3.8, 4) is 0 Å². The molecule has 0 bridgehead atoms. The second-order valence-corrected chi connectivity index (χ2v) is 7.57. The summed E-state index contributed by atoms with van der Waals surface area (Å²) in [4.78, 5) is 13.6. The summed E-state index contributed by atoms with van der Waals surface area (Å²) < 4.78 is 28.6. The molecular weight excluding hydrogens is 280 g/mol. The highest BCUT2D eigenvalue weighted by Crippen LogP contribution is 2.36. The predicted octanol–water partition coefficient (Wildman–Crippen LogP) is 1.17. The van der Waals surface area contributed by atoms with Gasteiger partial charge in [0.1, 0.15) is 5.60 Å². The molecule has 1 unspecified atom stereocenters. The second kappa shape index (κ2) is 4.37. The zero-order valence-corrected chi connectivity index (χ0v) is 11.7. The molecule has 2 heterocycles. The van der Waals surface area contributed by atoms with Crippen molar-refractivity contribution in [3.63, 3.8) is 0 Å². The van der Waals surface area contributed by atoms with E-state index < -0.39 is 21.5 Å². The zero-order valence-electron chi connectivity index (χ0n) is 10.9. The van der Waals surface area contributed by atoms with Crippen LogP contribution >= 0.6 is 0 Å². The molecule has 1 aromatic rings. The molecule has 0 aliphatic carbocycles. The molecule has 6 nitrogen and oxygen atoms in total. The number of hydrogen-bond donors (Lipinski definition) is 1. The molecule has 2 saturated heterocycles. The van der Waals surface area contributed by atoms with Crippen molar-refractivity contribution in [3.05, 3.63) is 24.3 Å². The third-order valence-corrected chi connectivity index (χ3v) is 5.64. The maximum atomic E-state index is 12.1. The standard InChI is InChI=1S/C13H16N2O4S/c14-10-2-1-3-11(8-10)15-6-4-13(19-12(15)16)5-7-20(17,18)9-13/h1-3,8H,4-7,9,14H2. The number of nitrogen functional groups attached to an aromatic ring is 1. The van der Waals surface area contributed by atoms with Crippen molar-refractivity contribution >= 4 is 27.3 Å². The fourth-order valence-electron chi connectivity index (χ4n) is 2.79. The zero-order chi connectivity index (χ0) is 14.4. The number of rotatable bonds is 1. The molecule has 7 heteroatoms. The van der Waals surface area contributed by atoms with Crippen LogP contribution in [0.15, 0.2) is 24.3 Å². The lowest BCUT2D eigenvalue weighted by Crippen LogP contribution is -2.50. The molecule has 2 aliphatic heterocycles. The van der Waals surface area contributed by atoms with E-state index in [0.717, 1.165) is 0 Å². The fourth-order valence-corrected chi connectivity index (χ4v) is 4.77. The first-order valence-corrected chi connectivity index (χ1v) is 8.28. The van der Waals surface area contributed by atoms with Gasteiger partial charge in [0, 0.05) is 30.8 Å². The summed E-state index contributed by atoms with van der Waals surface area (Å²) in [6.07, 6.45) is 0.414. The number of carbonyl (C=O) groups is 1. The van der Waals surface area contributed by atoms with E-state index in [1.165, 1.54) is 4.90 Å². The molecule has 1 amide bonds. The normalized spacial score (nSPS) is 28.6. The minimum Gasteiger partial charge on any atom is -0.441 e. The van der Waals surface area contributed by atoms with Crippen LogP contribution in [-0.2, 0) is 14.6 Å². The maximum Gasteiger partial charge on any atom is 0.414 e. The average Bonchev–Trinajstić information content (AvgIpc) is 2.64. The summed E-state index contributed by atoms with van der Waals surface area (Å²) in [5.41, 5.74) is 6.12. The number of nitrogens with two attached hydrogens (primary N) is 1. The molecule has 0 saturated carbocycles. The minimum atomic E-state index is -3.08. The Labute approximate surface area is 117 Å². The molecule has 1 atom stereocenters. The first-order valence-electron chi connectivity index (χ1n) is 6.46. The Bertz CT molecular complexity index is 658. The molecule has 0 radical (unpaired) electrons. The van der Waals surface area contributed by atoms with Gasteiger partial charge in [-0.2, -0.15) is 0 Å². The van der Waals surface area contributed by atoms with E-state index in [1.54, 1.807) is 24.3 Å². The monoisotopic (exact) mass is 296 g/mol. The highest BCUT2D eigenvalue weighted by Gasteiger charge is 2.49. The van der Waals surface area contributed by atoms with E-state index in [4.69, 9.17) is 10.5 Å². The summed E-state index contributed by atoms with van der Waals surface area (Å²) >= 11 is 0. The molecule has 20 heavy (non-hydrogen) atoms. The van der Waals surface area contributed by atoms with Crippen molar-refractivity contribution in [2.45, 2.75) is 18.4 Å². The molecular formula is C13H16N2O4S. The lowest BCUT2D eigenvalue weighted by molar-refractivity contribution is 0.0150. The van der Waals surface area contributed by atoms with Gasteiger partial charge >= 0.3 is 6.09 Å². The Morgan fingerprint density at radius 1 is 1.30 bits per heavy atom. The number of carbonyl (C=O) groups excluding carboxylic acids is 1. The summed E-state index contributed by atoms with van der Waals surface area (Å²) in [5.74, 6) is 0.0368. The van der Waals surface area contributed by atoms with E-state index in [-0.39, 0.29) is 11.5 Å². The number of nitrogens with zero attached hydrogens (tertiary/aromatic N) is 1. The first-order chi connectivity index (χ1) is 9.39. The van der Waals surface area contributed by atoms with E-state index >= 15 is 0 Å². The summed E-state index contributed by atoms with van der Waals surface area (Å²) in [7, 11) is -3.08. The van der Waals surface area contributed by atoms with Gasteiger partial charge in [-0.25, -0.2) is 13.2 Å². The fraction of sp³-hybridized carbons (Fsp3) is 0.462. The van der Waals surface area contributed by atoms with Gasteiger partial charge in [0.15, 0.2) is 9.84 Å². The topological polar surface area (TPSA) is 89.7 Å². The third kappa shape index (κ3) is 2.33. The molecule has 0 aromatic heterocycles. The van der Waals surface area contributed by atoms with Gasteiger partial charge in [0.25, 0.3) is 0 Å². The van der Waals surface area contributed by atoms with Gasteiger partial charge in [-0.3, -0.25) is 4.90 Å². The highest BCUT2D eigenvalue weighted by molar-refractivity contribution is 7.91. The van der Waals surface area contributed by atoms with Crippen LogP contribution in [0.3, 0.4) is 0 Å². The van der Waals surface area contributed by atoms with Crippen LogP contribution in [-0.4, -0.2) is 38.2 Å². The van der Waals surface area contributed by atoms with Crippen molar-refractivity contribution in [1.82, 2.24) is 0 Å². The number of hydrogen-bond acceptors (Lipinski definition) is 5. The highest BCUT2D eigenvalue weighted by atomic mass is 32.2. The summed E-state index contributed by atoms with van der Waals surface area (Å²) in [6, 6.07) is 6.98. The second-order valence-electron chi connectivity index (χ2n) is 5.39. The SMILES string of the molecule is Nc1cccc(N2CCC3(CCS(=O)(=O)C3)OC2=O)c1. The largest absolute Gasteiger partial charge is 0.441 e. The molecule has 1 aromatic carbocycles. The van der Waals surface area contributed by atoms with Crippen molar-refractivity contribution in [2.24, 2.45) is 0 Å². The van der Waals surface area contributed by atoms with Gasteiger partial charge in [0.2, 0.25) is 0 Å². The third-order valence-electron chi connectivity index (χ3n) is 3.85. The van der Waals surface area contributed by atoms with Gasteiger partial charge < -0.3 is 10.5 Å². The number of anilines is 2. The number of sulfone groups is 1. The number of amides is 1. The van der Waals surface area contributed by atoms with Crippen LogP contribution in [0.25, 0.3) is 0 Å². The molecule has 2 N–H and O–H groups in total. The Morgan fingerprint density at radius 3 is 2.70 bits per heavy atom. The quantitative estimate of drug-likeness (QED) is 0.786. The Hall–Kier alpha value is -1.76. The first kappa shape index (κ1) is 13.2. The van der Waals surface area contributed by atoms with Crippen LogP contribution in [0.1, 0.15) is 12.8 Å². The van der Waals surface area contributed by atoms with E-state index in [9.17, 15) is 13.2 Å². The predicted molar refractivity (Wildman–Crippen MR) is 75.3 cm³/mol. The number of ether oxygens (including phenoxy) is 1. The van der Waals surface area contributed by atoms with E-state index in [2.05, 4.69) is 0 Å². The molecule has 108 valence electrons. The lowest BCUT2D eigenvalue weighted by atomic mass is 9.97. The van der Waals surface area contributed by atoms with Crippen LogP contribution < -0.4 is 10.6 Å². The maximum absolute atomic E-state index is 12.1. The molecule has 2 aliphatic rings. The Morgan fingerprint density at radius 2 is 2.10 bits per heavy atom. The van der Waals surface area contributed by atoms with Crippen molar-refractivity contribution in [1.29, 1.82) is 0 Å². The molecule has 2 fully saturated rings. The van der Waals surface area contributed by atoms with E-state index in [0.29, 0.717) is 30.8 Å². The summed E-state index contributed by atoms with van der Waals surface area (Å²) in [6.45, 7) is 0.442. The van der Waals surface area contributed by atoms with Gasteiger partial charge in [-0.05, 0) is 18.2 Å². The van der Waals surface area contributed by atoms with Crippen LogP contribution in [0.2, 0.25) is 0 Å². The smallest absolute Gasteiger partial charge is 0.414 e. The molecule has 3 rings (SSSR count). The number of benzene rings is 1. The van der Waals surface area contributed by atoms with Gasteiger partial charge in [-0.15, -0.1) is 0 Å². The van der Waals surface area contributed by atoms with Crippen LogP contribution in [0.5, 0.6) is 0 Å².